The molecular formula is C26H29N3O6S. The van der Waals surface area contributed by atoms with Crippen molar-refractivity contribution in [3.05, 3.63) is 47.5 Å². The zero-order chi connectivity index (χ0) is 25.7. The van der Waals surface area contributed by atoms with Crippen LogP contribution in [0.5, 0.6) is 5.75 Å². The fraction of sp³-hybridized carbons (Fsp3) is 0.423. The first kappa shape index (κ1) is 24.5. The smallest absolute Gasteiger partial charge is 0.258 e. The van der Waals surface area contributed by atoms with Gasteiger partial charge in [-0.05, 0) is 56.0 Å². The van der Waals surface area contributed by atoms with Gasteiger partial charge in [0.2, 0.25) is 11.7 Å². The third kappa shape index (κ3) is 4.28. The van der Waals surface area contributed by atoms with Crippen molar-refractivity contribution in [3.8, 4) is 28.6 Å². The van der Waals surface area contributed by atoms with Crippen LogP contribution in [0.1, 0.15) is 37.8 Å². The molecular weight excluding hydrogens is 482 g/mol. The van der Waals surface area contributed by atoms with E-state index >= 15 is 0 Å². The molecule has 9 nitrogen and oxygen atoms in total. The molecule has 1 unspecified atom stereocenters. The maximum absolute atomic E-state index is 12.6. The van der Waals surface area contributed by atoms with Crippen molar-refractivity contribution < 1.29 is 27.6 Å². The van der Waals surface area contributed by atoms with Gasteiger partial charge in [-0.1, -0.05) is 23.4 Å². The third-order valence-corrected chi connectivity index (χ3v) is 8.04. The Kier molecular flexibility index (Phi) is 6.12. The van der Waals surface area contributed by atoms with E-state index in [-0.39, 0.29) is 40.6 Å². The molecule has 1 fully saturated rings. The monoisotopic (exact) mass is 511 g/mol. The standard InChI is InChI=1S/C26H29N3O6S/c1-16(2)34-21-8-7-17(13-22(21)36(3,32)33)25-27-24(28-35-25)19-5-4-6-20-18(19)9-10-26(20)14-23(31)29(15-26)11-12-30/h4-8,13,16,30H,9-12,14-15H2,1-3H3. The maximum atomic E-state index is 12.6. The molecule has 36 heavy (non-hydrogen) atoms. The molecule has 2 heterocycles. The molecule has 1 atom stereocenters. The number of amides is 1. The molecule has 2 aromatic carbocycles. The van der Waals surface area contributed by atoms with Gasteiger partial charge in [0.1, 0.15) is 10.6 Å². The lowest BCUT2D eigenvalue weighted by Gasteiger charge is -2.24. The van der Waals surface area contributed by atoms with Crippen LogP contribution in [0.4, 0.5) is 0 Å². The van der Waals surface area contributed by atoms with Crippen molar-refractivity contribution in [1.29, 1.82) is 0 Å². The lowest BCUT2D eigenvalue weighted by molar-refractivity contribution is -0.128. The predicted octanol–water partition coefficient (Wildman–Crippen LogP) is 3.00. The molecule has 0 radical (unpaired) electrons. The van der Waals surface area contributed by atoms with Crippen molar-refractivity contribution in [2.75, 3.05) is 26.0 Å². The van der Waals surface area contributed by atoms with E-state index in [9.17, 15) is 18.3 Å². The number of hydrogen-bond donors (Lipinski definition) is 1. The maximum Gasteiger partial charge on any atom is 0.258 e. The minimum absolute atomic E-state index is 0.0496. The first-order chi connectivity index (χ1) is 17.1. The second-order valence-corrected chi connectivity index (χ2v) is 11.8. The molecule has 1 aliphatic heterocycles. The molecule has 1 aromatic heterocycles. The molecule has 1 N–H and O–H groups in total. The topological polar surface area (TPSA) is 123 Å². The van der Waals surface area contributed by atoms with Crippen LogP contribution in [0.25, 0.3) is 22.8 Å². The van der Waals surface area contributed by atoms with Crippen LogP contribution in [0.15, 0.2) is 45.8 Å². The highest BCUT2D eigenvalue weighted by Crippen LogP contribution is 2.48. The fourth-order valence-corrected chi connectivity index (χ4v) is 6.20. The van der Waals surface area contributed by atoms with Crippen molar-refractivity contribution >= 4 is 15.7 Å². The number of carbonyl (C=O) groups is 1. The van der Waals surface area contributed by atoms with Crippen LogP contribution >= 0.6 is 0 Å². The van der Waals surface area contributed by atoms with E-state index in [0.717, 1.165) is 35.8 Å². The Hall–Kier alpha value is -3.24. The molecule has 1 spiro atoms. The molecule has 5 rings (SSSR count). The molecule has 1 saturated heterocycles. The number of hydrogen-bond acceptors (Lipinski definition) is 8. The number of nitrogens with zero attached hydrogens (tertiary/aromatic N) is 3. The summed E-state index contributed by atoms with van der Waals surface area (Å²) in [5, 5.41) is 13.5. The summed E-state index contributed by atoms with van der Waals surface area (Å²) < 4.78 is 36.0. The number of fused-ring (bicyclic) bond motifs is 2. The van der Waals surface area contributed by atoms with Gasteiger partial charge in [0.25, 0.3) is 5.89 Å². The average molecular weight is 512 g/mol. The average Bonchev–Trinajstić information content (AvgIpc) is 3.52. The number of likely N-dealkylation sites (tertiary alicyclic amines) is 1. The van der Waals surface area contributed by atoms with E-state index in [1.54, 1.807) is 17.0 Å². The SMILES string of the molecule is CC(C)Oc1ccc(-c2nc(-c3cccc4c3CCC43CC(=O)N(CCO)C3)no2)cc1S(C)(=O)=O. The summed E-state index contributed by atoms with van der Waals surface area (Å²) in [6.07, 6.45) is 3.01. The van der Waals surface area contributed by atoms with Crippen LogP contribution in [0.2, 0.25) is 0 Å². The van der Waals surface area contributed by atoms with Gasteiger partial charge in [-0.25, -0.2) is 8.42 Å². The summed E-state index contributed by atoms with van der Waals surface area (Å²) in [7, 11) is -3.55. The Labute approximate surface area is 210 Å². The van der Waals surface area contributed by atoms with E-state index < -0.39 is 9.84 Å². The van der Waals surface area contributed by atoms with Gasteiger partial charge in [-0.15, -0.1) is 0 Å². The van der Waals surface area contributed by atoms with Gasteiger partial charge in [-0.3, -0.25) is 4.79 Å². The number of aliphatic hydroxyl groups excluding tert-OH is 1. The van der Waals surface area contributed by atoms with Crippen molar-refractivity contribution in [2.24, 2.45) is 0 Å². The van der Waals surface area contributed by atoms with E-state index in [1.807, 2.05) is 26.0 Å². The van der Waals surface area contributed by atoms with Gasteiger partial charge in [0.05, 0.1) is 12.7 Å². The molecule has 0 saturated carbocycles. The Morgan fingerprint density at radius 1 is 1.25 bits per heavy atom. The summed E-state index contributed by atoms with van der Waals surface area (Å²) in [5.74, 6) is 0.972. The lowest BCUT2D eigenvalue weighted by Crippen LogP contribution is -2.32. The summed E-state index contributed by atoms with van der Waals surface area (Å²) in [6, 6.07) is 10.7. The highest BCUT2D eigenvalue weighted by molar-refractivity contribution is 7.90. The zero-order valence-electron chi connectivity index (χ0n) is 20.5. The highest BCUT2D eigenvalue weighted by Gasteiger charge is 2.48. The number of ether oxygens (including phenoxy) is 1. The Bertz CT molecular complexity index is 1430. The summed E-state index contributed by atoms with van der Waals surface area (Å²) >= 11 is 0. The van der Waals surface area contributed by atoms with Crippen LogP contribution in [0, 0.1) is 0 Å². The first-order valence-electron chi connectivity index (χ1n) is 12.0. The molecule has 1 amide bonds. The first-order valence-corrected chi connectivity index (χ1v) is 13.9. The van der Waals surface area contributed by atoms with Crippen LogP contribution in [-0.2, 0) is 26.5 Å². The second-order valence-electron chi connectivity index (χ2n) is 9.85. The number of carbonyl (C=O) groups excluding carboxylic acids is 1. The molecule has 3 aromatic rings. The Balaban J connectivity index is 1.49. The third-order valence-electron chi connectivity index (χ3n) is 6.93. The van der Waals surface area contributed by atoms with Crippen LogP contribution in [0.3, 0.4) is 0 Å². The normalized spacial score (nSPS) is 19.5. The minimum atomic E-state index is -3.55. The second kappa shape index (κ2) is 9.01. The highest BCUT2D eigenvalue weighted by atomic mass is 32.2. The number of aromatic nitrogens is 2. The van der Waals surface area contributed by atoms with E-state index in [4.69, 9.17) is 9.26 Å². The van der Waals surface area contributed by atoms with Crippen molar-refractivity contribution in [2.45, 2.75) is 49.5 Å². The predicted molar refractivity (Wildman–Crippen MR) is 132 cm³/mol. The van der Waals surface area contributed by atoms with E-state index in [1.165, 1.54) is 6.07 Å². The van der Waals surface area contributed by atoms with Crippen molar-refractivity contribution in [3.63, 3.8) is 0 Å². The lowest BCUT2D eigenvalue weighted by atomic mass is 9.80. The Morgan fingerprint density at radius 3 is 2.78 bits per heavy atom. The van der Waals surface area contributed by atoms with E-state index in [0.29, 0.717) is 30.9 Å². The zero-order valence-corrected chi connectivity index (χ0v) is 21.3. The molecule has 1 aliphatic carbocycles. The number of sulfone groups is 1. The summed E-state index contributed by atoms with van der Waals surface area (Å²) in [5.41, 5.74) is 3.28. The molecule has 0 bridgehead atoms. The molecule has 10 heteroatoms. The van der Waals surface area contributed by atoms with Gasteiger partial charge in [-0.2, -0.15) is 4.98 Å². The van der Waals surface area contributed by atoms with Gasteiger partial charge >= 0.3 is 0 Å². The number of β-amino-alcohol motifs (C(OH)–C–C–N with tert-alkyl or cyclic N) is 1. The van der Waals surface area contributed by atoms with Gasteiger partial charge in [0, 0.05) is 42.3 Å². The largest absolute Gasteiger partial charge is 0.490 e. The number of benzene rings is 2. The summed E-state index contributed by atoms with van der Waals surface area (Å²) in [4.78, 5) is 18.9. The number of aliphatic hydroxyl groups is 1. The van der Waals surface area contributed by atoms with Crippen LogP contribution in [-0.4, -0.2) is 66.5 Å². The van der Waals surface area contributed by atoms with Gasteiger partial charge < -0.3 is 19.3 Å². The number of rotatable bonds is 7. The van der Waals surface area contributed by atoms with Crippen molar-refractivity contribution in [1.82, 2.24) is 15.0 Å². The van der Waals surface area contributed by atoms with Gasteiger partial charge in [0.15, 0.2) is 9.84 Å². The summed E-state index contributed by atoms with van der Waals surface area (Å²) in [6.45, 7) is 4.56. The molecule has 2 aliphatic rings. The molecule has 190 valence electrons. The minimum Gasteiger partial charge on any atom is -0.490 e. The van der Waals surface area contributed by atoms with E-state index in [2.05, 4.69) is 16.2 Å². The Morgan fingerprint density at radius 2 is 2.06 bits per heavy atom. The fourth-order valence-electron chi connectivity index (χ4n) is 5.38. The quantitative estimate of drug-likeness (QED) is 0.514. The van der Waals surface area contributed by atoms with Crippen LogP contribution < -0.4 is 4.74 Å².